The predicted molar refractivity (Wildman–Crippen MR) is 138 cm³/mol. The molecular weight excluding hydrogens is 456 g/mol. The summed E-state index contributed by atoms with van der Waals surface area (Å²) in [6, 6.07) is 7.77. The minimum atomic E-state index is -0.847. The van der Waals surface area contributed by atoms with E-state index in [-0.39, 0.29) is 23.4 Å². The number of carbonyl (C=O) groups is 2. The minimum absolute atomic E-state index is 0.111. The number of ether oxygens (including phenoxy) is 4. The molecule has 1 spiro atoms. The maximum absolute atomic E-state index is 14.3. The fourth-order valence-corrected chi connectivity index (χ4v) is 7.10. The summed E-state index contributed by atoms with van der Waals surface area (Å²) < 4.78 is 23.8. The molecule has 0 N–H and O–H groups in total. The van der Waals surface area contributed by atoms with Gasteiger partial charge in [-0.15, -0.1) is 6.58 Å². The summed E-state index contributed by atoms with van der Waals surface area (Å²) >= 11 is 0. The van der Waals surface area contributed by atoms with E-state index in [4.69, 9.17) is 18.9 Å². The van der Waals surface area contributed by atoms with Crippen LogP contribution in [0.3, 0.4) is 0 Å². The Labute approximate surface area is 215 Å². The minimum Gasteiger partial charge on any atom is -0.497 e. The largest absolute Gasteiger partial charge is 0.497 e. The second kappa shape index (κ2) is 10.0. The highest BCUT2D eigenvalue weighted by Gasteiger charge is 2.71. The molecule has 36 heavy (non-hydrogen) atoms. The van der Waals surface area contributed by atoms with Gasteiger partial charge in [0, 0.05) is 35.0 Å². The summed E-state index contributed by atoms with van der Waals surface area (Å²) in [5, 5.41) is 0. The predicted octanol–water partition coefficient (Wildman–Crippen LogP) is 5.53. The van der Waals surface area contributed by atoms with Gasteiger partial charge in [-0.2, -0.15) is 0 Å². The number of hydrogen-bond donors (Lipinski definition) is 0. The summed E-state index contributed by atoms with van der Waals surface area (Å²) in [7, 11) is 1.64. The van der Waals surface area contributed by atoms with Crippen LogP contribution < -0.4 is 4.74 Å². The molecule has 6 heteroatoms. The topological polar surface area (TPSA) is 71.1 Å². The third-order valence-corrected chi connectivity index (χ3v) is 9.55. The lowest BCUT2D eigenvalue weighted by atomic mass is 9.48. The maximum Gasteiger partial charge on any atom is 0.173 e. The number of ketones is 2. The highest BCUT2D eigenvalue weighted by atomic mass is 16.7. The van der Waals surface area contributed by atoms with Crippen LogP contribution in [0.1, 0.15) is 65.4 Å². The van der Waals surface area contributed by atoms with Gasteiger partial charge in [-0.25, -0.2) is 0 Å². The fourth-order valence-electron chi connectivity index (χ4n) is 7.10. The van der Waals surface area contributed by atoms with Crippen LogP contribution in [0.5, 0.6) is 5.75 Å². The maximum atomic E-state index is 14.3. The molecule has 0 amide bonds. The van der Waals surface area contributed by atoms with Gasteiger partial charge in [-0.1, -0.05) is 39.0 Å². The van der Waals surface area contributed by atoms with E-state index in [9.17, 15) is 9.59 Å². The van der Waals surface area contributed by atoms with Crippen LogP contribution in [0.4, 0.5) is 0 Å². The SMILES string of the molecule is C=C[C@](C)(COCc1ccc(OC)cc1)CC(=O)C1(C)C2C3(CC[C@]2(C(C)=O)CC[C@H]1C)OCCO3. The van der Waals surface area contributed by atoms with Gasteiger partial charge in [-0.05, 0) is 49.8 Å². The molecule has 198 valence electrons. The van der Waals surface area contributed by atoms with Crippen LogP contribution in [0, 0.1) is 28.1 Å². The van der Waals surface area contributed by atoms with E-state index < -0.39 is 22.0 Å². The molecule has 6 nitrogen and oxygen atoms in total. The fraction of sp³-hybridized carbons (Fsp3) is 0.667. The molecule has 1 saturated heterocycles. The average Bonchev–Trinajstić information content (AvgIpc) is 3.48. The van der Waals surface area contributed by atoms with Crippen molar-refractivity contribution in [2.24, 2.45) is 28.1 Å². The van der Waals surface area contributed by atoms with Crippen LogP contribution in [0.15, 0.2) is 36.9 Å². The van der Waals surface area contributed by atoms with Gasteiger partial charge in [0.2, 0.25) is 0 Å². The van der Waals surface area contributed by atoms with Crippen LogP contribution in [-0.4, -0.2) is 44.3 Å². The van der Waals surface area contributed by atoms with Crippen LogP contribution >= 0.6 is 0 Å². The first-order valence-corrected chi connectivity index (χ1v) is 13.2. The first-order chi connectivity index (χ1) is 17.1. The van der Waals surface area contributed by atoms with E-state index in [1.165, 1.54) is 0 Å². The second-order valence-corrected chi connectivity index (χ2v) is 11.7. The highest BCUT2D eigenvalue weighted by Crippen LogP contribution is 2.67. The van der Waals surface area contributed by atoms with Gasteiger partial charge in [0.25, 0.3) is 0 Å². The molecule has 1 aromatic carbocycles. The summed E-state index contributed by atoms with van der Waals surface area (Å²) in [6.45, 7) is 13.8. The molecule has 2 saturated carbocycles. The van der Waals surface area contributed by atoms with E-state index in [2.05, 4.69) is 20.4 Å². The smallest absolute Gasteiger partial charge is 0.173 e. The first-order valence-electron chi connectivity index (χ1n) is 13.2. The van der Waals surface area contributed by atoms with Crippen molar-refractivity contribution >= 4 is 11.6 Å². The molecule has 5 atom stereocenters. The quantitative estimate of drug-likeness (QED) is 0.395. The summed E-state index contributed by atoms with van der Waals surface area (Å²) in [4.78, 5) is 27.5. The number of methoxy groups -OCH3 is 1. The molecule has 0 aromatic heterocycles. The number of Topliss-reactive ketones (excluding diaryl/α,β-unsaturated/α-hetero) is 2. The third-order valence-electron chi connectivity index (χ3n) is 9.55. The molecule has 1 aromatic rings. The van der Waals surface area contributed by atoms with Gasteiger partial charge in [0.1, 0.15) is 17.3 Å². The van der Waals surface area contributed by atoms with Crippen molar-refractivity contribution in [2.45, 2.75) is 72.2 Å². The van der Waals surface area contributed by atoms with Crippen molar-refractivity contribution < 1.29 is 28.5 Å². The zero-order valence-electron chi connectivity index (χ0n) is 22.6. The normalized spacial score (nSPS) is 32.6. The summed E-state index contributed by atoms with van der Waals surface area (Å²) in [5.74, 6) is 0.0734. The van der Waals surface area contributed by atoms with Crippen molar-refractivity contribution in [3.8, 4) is 5.75 Å². The number of fused-ring (bicyclic) bond motifs is 2. The number of benzene rings is 1. The summed E-state index contributed by atoms with van der Waals surface area (Å²) in [6.07, 6.45) is 5.13. The Bertz CT molecular complexity index is 980. The van der Waals surface area contributed by atoms with Crippen molar-refractivity contribution in [3.63, 3.8) is 0 Å². The molecular formula is C30H42O6. The van der Waals surface area contributed by atoms with Crippen LogP contribution in [0.2, 0.25) is 0 Å². The molecule has 3 aliphatic rings. The summed E-state index contributed by atoms with van der Waals surface area (Å²) in [5.41, 5.74) is -0.816. The monoisotopic (exact) mass is 498 g/mol. The van der Waals surface area contributed by atoms with E-state index in [1.54, 1.807) is 14.0 Å². The highest BCUT2D eigenvalue weighted by molar-refractivity contribution is 5.90. The van der Waals surface area contributed by atoms with Gasteiger partial charge in [0.15, 0.2) is 5.79 Å². The lowest BCUT2D eigenvalue weighted by Gasteiger charge is -2.55. The molecule has 4 rings (SSSR count). The molecule has 1 aliphatic heterocycles. The lowest BCUT2D eigenvalue weighted by Crippen LogP contribution is -2.60. The van der Waals surface area contributed by atoms with Gasteiger partial charge in [-0.3, -0.25) is 9.59 Å². The Kier molecular flexibility index (Phi) is 7.53. The zero-order valence-corrected chi connectivity index (χ0v) is 22.6. The molecule has 1 heterocycles. The lowest BCUT2D eigenvalue weighted by molar-refractivity contribution is -0.237. The zero-order chi connectivity index (χ0) is 26.2. The third kappa shape index (κ3) is 4.46. The number of hydrogen-bond acceptors (Lipinski definition) is 6. The van der Waals surface area contributed by atoms with Crippen molar-refractivity contribution in [1.82, 2.24) is 0 Å². The number of carbonyl (C=O) groups excluding carboxylic acids is 2. The number of rotatable bonds is 10. The Morgan fingerprint density at radius 1 is 1.17 bits per heavy atom. The van der Waals surface area contributed by atoms with Crippen molar-refractivity contribution in [2.75, 3.05) is 26.9 Å². The van der Waals surface area contributed by atoms with E-state index in [0.717, 1.165) is 24.2 Å². The van der Waals surface area contributed by atoms with E-state index in [0.29, 0.717) is 45.7 Å². The Hall–Kier alpha value is -2.02. The van der Waals surface area contributed by atoms with Crippen molar-refractivity contribution in [3.05, 3.63) is 42.5 Å². The van der Waals surface area contributed by atoms with Crippen LogP contribution in [-0.2, 0) is 30.4 Å². The molecule has 3 fully saturated rings. The Morgan fingerprint density at radius 3 is 2.42 bits per heavy atom. The van der Waals surface area contributed by atoms with Gasteiger partial charge < -0.3 is 18.9 Å². The van der Waals surface area contributed by atoms with Crippen LogP contribution in [0.25, 0.3) is 0 Å². The van der Waals surface area contributed by atoms with Gasteiger partial charge >= 0.3 is 0 Å². The average molecular weight is 499 g/mol. The first kappa shape index (κ1) is 27.0. The Morgan fingerprint density at radius 2 is 1.83 bits per heavy atom. The second-order valence-electron chi connectivity index (χ2n) is 11.7. The van der Waals surface area contributed by atoms with E-state index >= 15 is 0 Å². The molecule has 0 bridgehead atoms. The standard InChI is InChI=1S/C30H42O6/c1-7-27(4,20-34-19-23-8-10-24(33-6)11-9-23)18-25(32)28(5)21(2)12-13-29(22(3)31)14-15-30(26(28)29)35-16-17-36-30/h7-11,21,26H,1,12-20H2,2-6H3/t21-,26?,27+,28?,29+/m1/s1. The van der Waals surface area contributed by atoms with Gasteiger partial charge in [0.05, 0.1) is 33.5 Å². The van der Waals surface area contributed by atoms with E-state index in [1.807, 2.05) is 37.3 Å². The Balaban J connectivity index is 1.54. The van der Waals surface area contributed by atoms with Crippen molar-refractivity contribution in [1.29, 1.82) is 0 Å². The molecule has 0 radical (unpaired) electrons. The molecule has 2 aliphatic carbocycles. The molecule has 2 unspecified atom stereocenters.